The van der Waals surface area contributed by atoms with Crippen LogP contribution in [0.5, 0.6) is 0 Å². The maximum Gasteiger partial charge on any atom is 0.105 e. The van der Waals surface area contributed by atoms with Crippen LogP contribution in [0.1, 0.15) is 40.0 Å². The lowest BCUT2D eigenvalue weighted by molar-refractivity contribution is -0.0690. The van der Waals surface area contributed by atoms with Gasteiger partial charge in [0.1, 0.15) is 5.54 Å². The molecule has 0 radical (unpaired) electrons. The van der Waals surface area contributed by atoms with Crippen LogP contribution in [0.4, 0.5) is 0 Å². The Hall–Kier alpha value is -0.630. The van der Waals surface area contributed by atoms with Crippen LogP contribution in [0.2, 0.25) is 0 Å². The molecule has 2 rings (SSSR count). The number of nitriles is 1. The van der Waals surface area contributed by atoms with E-state index in [0.29, 0.717) is 18.2 Å². The van der Waals surface area contributed by atoms with E-state index < -0.39 is 0 Å². The smallest absolute Gasteiger partial charge is 0.105 e. The first-order valence-corrected chi connectivity index (χ1v) is 7.07. The zero-order valence-electron chi connectivity index (χ0n) is 11.8. The molecule has 2 fully saturated rings. The Morgan fingerprint density at radius 1 is 1.33 bits per heavy atom. The largest absolute Gasteiger partial charge is 0.373 e. The Bertz CT molecular complexity index is 313. The summed E-state index contributed by atoms with van der Waals surface area (Å²) >= 11 is 0. The summed E-state index contributed by atoms with van der Waals surface area (Å²) in [5.41, 5.74) is -0.369. The Balaban J connectivity index is 1.80. The molecule has 18 heavy (non-hydrogen) atoms. The van der Waals surface area contributed by atoms with Crippen LogP contribution in [0, 0.1) is 11.3 Å². The van der Waals surface area contributed by atoms with Crippen LogP contribution >= 0.6 is 0 Å². The average molecular weight is 251 g/mol. The Morgan fingerprint density at radius 2 is 1.94 bits per heavy atom. The van der Waals surface area contributed by atoms with Crippen molar-refractivity contribution in [3.8, 4) is 6.07 Å². The third-order valence-electron chi connectivity index (χ3n) is 3.77. The third kappa shape index (κ3) is 3.94. The quantitative estimate of drug-likeness (QED) is 0.805. The van der Waals surface area contributed by atoms with E-state index in [2.05, 4.69) is 30.1 Å². The summed E-state index contributed by atoms with van der Waals surface area (Å²) in [5, 5.41) is 12.8. The molecule has 1 unspecified atom stereocenters. The van der Waals surface area contributed by atoms with Gasteiger partial charge in [-0.15, -0.1) is 0 Å². The first-order valence-electron chi connectivity index (χ1n) is 7.07. The van der Waals surface area contributed by atoms with Crippen molar-refractivity contribution in [2.24, 2.45) is 0 Å². The van der Waals surface area contributed by atoms with Gasteiger partial charge in [0.15, 0.2) is 0 Å². The average Bonchev–Trinajstić information content (AvgIpc) is 3.09. The maximum absolute atomic E-state index is 9.34. The summed E-state index contributed by atoms with van der Waals surface area (Å²) in [6, 6.07) is 3.02. The van der Waals surface area contributed by atoms with E-state index >= 15 is 0 Å². The molecule has 1 aliphatic carbocycles. The standard InChI is InChI=1S/C14H25N3O/c1-11-8-17(9-12(2)18-11)7-6-14(3,10-15)16-13-4-5-13/h11-13,16H,4-9H2,1-3H3/t11-,12+,14?. The molecule has 1 saturated carbocycles. The summed E-state index contributed by atoms with van der Waals surface area (Å²) in [6.07, 6.45) is 3.95. The molecule has 1 saturated heterocycles. The number of nitrogens with one attached hydrogen (secondary N) is 1. The van der Waals surface area contributed by atoms with E-state index in [0.717, 1.165) is 26.1 Å². The maximum atomic E-state index is 9.34. The van der Waals surface area contributed by atoms with Crippen LogP contribution in [-0.2, 0) is 4.74 Å². The van der Waals surface area contributed by atoms with Crippen molar-refractivity contribution in [2.75, 3.05) is 19.6 Å². The van der Waals surface area contributed by atoms with Gasteiger partial charge < -0.3 is 4.74 Å². The number of morpholine rings is 1. The van der Waals surface area contributed by atoms with Crippen molar-refractivity contribution >= 4 is 0 Å². The zero-order valence-corrected chi connectivity index (χ0v) is 11.8. The lowest BCUT2D eigenvalue weighted by Crippen LogP contribution is -2.49. The van der Waals surface area contributed by atoms with Crippen molar-refractivity contribution in [2.45, 2.75) is 63.8 Å². The second-order valence-electron chi connectivity index (χ2n) is 6.13. The van der Waals surface area contributed by atoms with Gasteiger partial charge in [-0.3, -0.25) is 10.2 Å². The molecular formula is C14H25N3O. The molecule has 1 heterocycles. The van der Waals surface area contributed by atoms with Gasteiger partial charge in [0.2, 0.25) is 0 Å². The fourth-order valence-electron chi connectivity index (χ4n) is 2.69. The first kappa shape index (κ1) is 13.8. The highest BCUT2D eigenvalue weighted by Crippen LogP contribution is 2.24. The lowest BCUT2D eigenvalue weighted by atomic mass is 9.99. The highest BCUT2D eigenvalue weighted by atomic mass is 16.5. The molecule has 1 N–H and O–H groups in total. The second-order valence-corrected chi connectivity index (χ2v) is 6.13. The van der Waals surface area contributed by atoms with Gasteiger partial charge in [-0.05, 0) is 40.0 Å². The molecule has 2 aliphatic rings. The Morgan fingerprint density at radius 3 is 2.44 bits per heavy atom. The van der Waals surface area contributed by atoms with E-state index in [1.807, 2.05) is 6.92 Å². The van der Waals surface area contributed by atoms with Crippen LogP contribution < -0.4 is 5.32 Å². The lowest BCUT2D eigenvalue weighted by Gasteiger charge is -2.36. The van der Waals surface area contributed by atoms with Gasteiger partial charge in [0.25, 0.3) is 0 Å². The molecule has 0 amide bonds. The van der Waals surface area contributed by atoms with Crippen molar-refractivity contribution in [1.82, 2.24) is 10.2 Å². The van der Waals surface area contributed by atoms with Crippen LogP contribution in [0.3, 0.4) is 0 Å². The van der Waals surface area contributed by atoms with Gasteiger partial charge >= 0.3 is 0 Å². The molecule has 4 nitrogen and oxygen atoms in total. The number of ether oxygens (including phenoxy) is 1. The van der Waals surface area contributed by atoms with Crippen molar-refractivity contribution in [3.63, 3.8) is 0 Å². The summed E-state index contributed by atoms with van der Waals surface area (Å²) in [4.78, 5) is 2.42. The minimum Gasteiger partial charge on any atom is -0.373 e. The SMILES string of the molecule is C[C@@H]1CN(CCC(C)(C#N)NC2CC2)C[C@H](C)O1. The van der Waals surface area contributed by atoms with E-state index in [-0.39, 0.29) is 5.54 Å². The fourth-order valence-corrected chi connectivity index (χ4v) is 2.69. The zero-order chi connectivity index (χ0) is 13.2. The summed E-state index contributed by atoms with van der Waals surface area (Å²) < 4.78 is 5.73. The van der Waals surface area contributed by atoms with E-state index in [4.69, 9.17) is 4.74 Å². The number of nitrogens with zero attached hydrogens (tertiary/aromatic N) is 2. The van der Waals surface area contributed by atoms with E-state index in [1.165, 1.54) is 12.8 Å². The second kappa shape index (κ2) is 5.56. The molecule has 102 valence electrons. The number of hydrogen-bond donors (Lipinski definition) is 1. The van der Waals surface area contributed by atoms with Crippen molar-refractivity contribution in [1.29, 1.82) is 5.26 Å². The molecule has 4 heteroatoms. The summed E-state index contributed by atoms with van der Waals surface area (Å²) in [5.74, 6) is 0. The number of rotatable bonds is 5. The van der Waals surface area contributed by atoms with Crippen LogP contribution in [-0.4, -0.2) is 48.3 Å². The molecule has 0 aromatic carbocycles. The van der Waals surface area contributed by atoms with Crippen molar-refractivity contribution < 1.29 is 4.74 Å². The van der Waals surface area contributed by atoms with Crippen molar-refractivity contribution in [3.05, 3.63) is 0 Å². The molecule has 0 bridgehead atoms. The third-order valence-corrected chi connectivity index (χ3v) is 3.77. The van der Waals surface area contributed by atoms with Crippen LogP contribution in [0.15, 0.2) is 0 Å². The molecular weight excluding hydrogens is 226 g/mol. The molecule has 3 atom stereocenters. The minimum absolute atomic E-state index is 0.304. The first-order chi connectivity index (χ1) is 8.50. The van der Waals surface area contributed by atoms with E-state index in [1.54, 1.807) is 0 Å². The highest BCUT2D eigenvalue weighted by Gasteiger charge is 2.33. The number of hydrogen-bond acceptors (Lipinski definition) is 4. The predicted octanol–water partition coefficient (Wildman–Crippen LogP) is 1.52. The predicted molar refractivity (Wildman–Crippen MR) is 71.2 cm³/mol. The fraction of sp³-hybridized carbons (Fsp3) is 0.929. The van der Waals surface area contributed by atoms with Gasteiger partial charge in [-0.1, -0.05) is 0 Å². The molecule has 0 aromatic rings. The van der Waals surface area contributed by atoms with E-state index in [9.17, 15) is 5.26 Å². The normalized spacial score (nSPS) is 32.8. The van der Waals surface area contributed by atoms with Crippen LogP contribution in [0.25, 0.3) is 0 Å². The topological polar surface area (TPSA) is 48.3 Å². The van der Waals surface area contributed by atoms with Gasteiger partial charge in [-0.25, -0.2) is 0 Å². The molecule has 0 aromatic heterocycles. The Labute approximate surface area is 110 Å². The Kier molecular flexibility index (Phi) is 4.26. The van der Waals surface area contributed by atoms with Gasteiger partial charge in [0, 0.05) is 25.7 Å². The molecule has 1 aliphatic heterocycles. The van der Waals surface area contributed by atoms with Gasteiger partial charge in [0.05, 0.1) is 18.3 Å². The summed E-state index contributed by atoms with van der Waals surface area (Å²) in [6.45, 7) is 9.20. The molecule has 0 spiro atoms. The highest BCUT2D eigenvalue weighted by molar-refractivity contribution is 5.07. The van der Waals surface area contributed by atoms with Gasteiger partial charge in [-0.2, -0.15) is 5.26 Å². The summed E-state index contributed by atoms with van der Waals surface area (Å²) in [7, 11) is 0. The minimum atomic E-state index is -0.369. The monoisotopic (exact) mass is 251 g/mol.